The molecule has 150 valence electrons. The average molecular weight is 408 g/mol. The number of ether oxygens (including phenoxy) is 4. The number of carbonyl (C=O) groups excluding carboxylic acids is 2. The van der Waals surface area contributed by atoms with Crippen molar-refractivity contribution < 1.29 is 28.5 Å². The molecule has 0 aliphatic heterocycles. The molecule has 1 atom stereocenters. The van der Waals surface area contributed by atoms with Gasteiger partial charge in [-0.15, -0.1) is 0 Å². The molecule has 2 rings (SSSR count). The summed E-state index contributed by atoms with van der Waals surface area (Å²) in [6, 6.07) is 9.76. The molecule has 0 saturated heterocycles. The van der Waals surface area contributed by atoms with Gasteiger partial charge in [0.1, 0.15) is 0 Å². The highest BCUT2D eigenvalue weighted by atomic mass is 35.5. The Morgan fingerprint density at radius 2 is 1.57 bits per heavy atom. The molecule has 1 amide bonds. The van der Waals surface area contributed by atoms with Crippen LogP contribution in [-0.2, 0) is 9.53 Å². The highest BCUT2D eigenvalue weighted by molar-refractivity contribution is 6.30. The predicted molar refractivity (Wildman–Crippen MR) is 104 cm³/mol. The third-order valence-electron chi connectivity index (χ3n) is 3.98. The van der Waals surface area contributed by atoms with Gasteiger partial charge in [0.05, 0.1) is 32.9 Å². The number of halogens is 1. The van der Waals surface area contributed by atoms with Gasteiger partial charge in [0.2, 0.25) is 5.75 Å². The van der Waals surface area contributed by atoms with Crippen LogP contribution in [0, 0.1) is 0 Å². The molecule has 0 heterocycles. The lowest BCUT2D eigenvalue weighted by atomic mass is 10.1. The highest BCUT2D eigenvalue weighted by Gasteiger charge is 2.19. The molecule has 0 aliphatic carbocycles. The summed E-state index contributed by atoms with van der Waals surface area (Å²) in [5.74, 6) is -0.128. The van der Waals surface area contributed by atoms with Crippen LogP contribution in [0.3, 0.4) is 0 Å². The van der Waals surface area contributed by atoms with Crippen molar-refractivity contribution >= 4 is 23.5 Å². The van der Waals surface area contributed by atoms with Gasteiger partial charge in [0, 0.05) is 5.02 Å². The van der Waals surface area contributed by atoms with Crippen molar-refractivity contribution in [3.05, 3.63) is 52.5 Å². The number of methoxy groups -OCH3 is 3. The molecule has 0 unspecified atom stereocenters. The first kappa shape index (κ1) is 21.4. The predicted octanol–water partition coefficient (Wildman–Crippen LogP) is 3.40. The third kappa shape index (κ3) is 5.29. The van der Waals surface area contributed by atoms with Crippen LogP contribution in [0.1, 0.15) is 28.9 Å². The fourth-order valence-electron chi connectivity index (χ4n) is 2.53. The Kier molecular flexibility index (Phi) is 7.52. The Morgan fingerprint density at radius 3 is 2.07 bits per heavy atom. The fourth-order valence-corrected chi connectivity index (χ4v) is 2.66. The lowest BCUT2D eigenvalue weighted by Crippen LogP contribution is -2.31. The second kappa shape index (κ2) is 9.85. The first-order chi connectivity index (χ1) is 13.4. The van der Waals surface area contributed by atoms with Crippen LogP contribution < -0.4 is 19.5 Å². The van der Waals surface area contributed by atoms with E-state index in [0.29, 0.717) is 22.3 Å². The molecule has 28 heavy (non-hydrogen) atoms. The van der Waals surface area contributed by atoms with Gasteiger partial charge >= 0.3 is 5.97 Å². The summed E-state index contributed by atoms with van der Waals surface area (Å²) in [4.78, 5) is 24.4. The SMILES string of the molecule is COc1cc(C(=O)OCC(=O)N[C@@H](C)c2ccc(Cl)cc2)cc(OC)c1OC. The van der Waals surface area contributed by atoms with E-state index >= 15 is 0 Å². The molecule has 0 saturated carbocycles. The molecular formula is C20H22ClNO6. The topological polar surface area (TPSA) is 83.1 Å². The molecule has 0 aromatic heterocycles. The number of hydrogen-bond acceptors (Lipinski definition) is 6. The van der Waals surface area contributed by atoms with Crippen LogP contribution in [0.5, 0.6) is 17.2 Å². The van der Waals surface area contributed by atoms with Crippen LogP contribution in [0.15, 0.2) is 36.4 Å². The molecule has 2 aromatic rings. The first-order valence-corrected chi connectivity index (χ1v) is 8.79. The third-order valence-corrected chi connectivity index (χ3v) is 4.23. The lowest BCUT2D eigenvalue weighted by molar-refractivity contribution is -0.124. The summed E-state index contributed by atoms with van der Waals surface area (Å²) in [6.45, 7) is 1.40. The van der Waals surface area contributed by atoms with Gasteiger partial charge in [-0.05, 0) is 36.8 Å². The zero-order valence-electron chi connectivity index (χ0n) is 16.1. The Bertz CT molecular complexity index is 812. The van der Waals surface area contributed by atoms with E-state index in [-0.39, 0.29) is 11.6 Å². The summed E-state index contributed by atoms with van der Waals surface area (Å²) >= 11 is 5.86. The van der Waals surface area contributed by atoms with Crippen molar-refractivity contribution in [3.63, 3.8) is 0 Å². The van der Waals surface area contributed by atoms with Crippen molar-refractivity contribution in [2.24, 2.45) is 0 Å². The zero-order chi connectivity index (χ0) is 20.7. The van der Waals surface area contributed by atoms with Crippen LogP contribution in [0.2, 0.25) is 5.02 Å². The summed E-state index contributed by atoms with van der Waals surface area (Å²) in [5, 5.41) is 3.37. The minimum absolute atomic E-state index is 0.174. The normalized spacial score (nSPS) is 11.3. The minimum Gasteiger partial charge on any atom is -0.493 e. The molecular weight excluding hydrogens is 386 g/mol. The van der Waals surface area contributed by atoms with Gasteiger partial charge in [-0.2, -0.15) is 0 Å². The zero-order valence-corrected chi connectivity index (χ0v) is 16.8. The van der Waals surface area contributed by atoms with Gasteiger partial charge in [-0.1, -0.05) is 23.7 Å². The molecule has 0 fully saturated rings. The van der Waals surface area contributed by atoms with E-state index in [2.05, 4.69) is 5.32 Å². The summed E-state index contributed by atoms with van der Waals surface area (Å²) < 4.78 is 20.7. The van der Waals surface area contributed by atoms with Gasteiger partial charge in [-0.25, -0.2) is 4.79 Å². The van der Waals surface area contributed by atoms with E-state index in [9.17, 15) is 9.59 Å². The molecule has 0 spiro atoms. The maximum atomic E-state index is 12.3. The summed E-state index contributed by atoms with van der Waals surface area (Å²) in [5.41, 5.74) is 1.06. The highest BCUT2D eigenvalue weighted by Crippen LogP contribution is 2.38. The van der Waals surface area contributed by atoms with Gasteiger partial charge in [-0.3, -0.25) is 4.79 Å². The fraction of sp³-hybridized carbons (Fsp3) is 0.300. The van der Waals surface area contributed by atoms with Crippen LogP contribution in [0.4, 0.5) is 0 Å². The van der Waals surface area contributed by atoms with E-state index in [4.69, 9.17) is 30.5 Å². The summed E-state index contributed by atoms with van der Waals surface area (Å²) in [6.07, 6.45) is 0. The Labute approximate surface area is 168 Å². The Hall–Kier alpha value is -2.93. The molecule has 2 aromatic carbocycles. The van der Waals surface area contributed by atoms with Crippen LogP contribution in [-0.4, -0.2) is 39.8 Å². The molecule has 7 nitrogen and oxygen atoms in total. The lowest BCUT2D eigenvalue weighted by Gasteiger charge is -2.15. The standard InChI is InChI=1S/C20H22ClNO6/c1-12(13-5-7-15(21)8-6-13)22-18(23)11-28-20(24)14-9-16(25-2)19(27-4)17(10-14)26-3/h5-10,12H,11H2,1-4H3,(H,22,23)/t12-/m0/s1. The van der Waals surface area contributed by atoms with E-state index in [1.165, 1.54) is 33.5 Å². The minimum atomic E-state index is -0.687. The average Bonchev–Trinajstić information content (AvgIpc) is 2.71. The van der Waals surface area contributed by atoms with Crippen molar-refractivity contribution in [2.75, 3.05) is 27.9 Å². The van der Waals surface area contributed by atoms with Gasteiger partial charge in [0.15, 0.2) is 18.1 Å². The number of esters is 1. The number of benzene rings is 2. The molecule has 0 radical (unpaired) electrons. The van der Waals surface area contributed by atoms with Crippen molar-refractivity contribution in [1.82, 2.24) is 5.32 Å². The maximum absolute atomic E-state index is 12.3. The summed E-state index contributed by atoms with van der Waals surface area (Å²) in [7, 11) is 4.35. The second-order valence-corrected chi connectivity index (χ2v) is 6.27. The van der Waals surface area contributed by atoms with E-state index in [1.807, 2.05) is 19.1 Å². The second-order valence-electron chi connectivity index (χ2n) is 5.83. The molecule has 0 bridgehead atoms. The number of carbonyl (C=O) groups is 2. The van der Waals surface area contributed by atoms with Crippen molar-refractivity contribution in [3.8, 4) is 17.2 Å². The Morgan fingerprint density at radius 1 is 1.00 bits per heavy atom. The number of nitrogens with one attached hydrogen (secondary N) is 1. The number of hydrogen-bond donors (Lipinski definition) is 1. The van der Waals surface area contributed by atoms with Gasteiger partial charge < -0.3 is 24.3 Å². The number of amides is 1. The largest absolute Gasteiger partial charge is 0.493 e. The van der Waals surface area contributed by atoms with Crippen molar-refractivity contribution in [1.29, 1.82) is 0 Å². The smallest absolute Gasteiger partial charge is 0.338 e. The molecule has 0 aliphatic rings. The van der Waals surface area contributed by atoms with E-state index in [0.717, 1.165) is 5.56 Å². The van der Waals surface area contributed by atoms with Crippen LogP contribution in [0.25, 0.3) is 0 Å². The molecule has 1 N–H and O–H groups in total. The first-order valence-electron chi connectivity index (χ1n) is 8.41. The van der Waals surface area contributed by atoms with E-state index in [1.54, 1.807) is 12.1 Å². The monoisotopic (exact) mass is 407 g/mol. The van der Waals surface area contributed by atoms with Gasteiger partial charge in [0.25, 0.3) is 5.91 Å². The van der Waals surface area contributed by atoms with Crippen molar-refractivity contribution in [2.45, 2.75) is 13.0 Å². The van der Waals surface area contributed by atoms with Crippen LogP contribution >= 0.6 is 11.6 Å². The van der Waals surface area contributed by atoms with E-state index < -0.39 is 18.5 Å². The quantitative estimate of drug-likeness (QED) is 0.675. The maximum Gasteiger partial charge on any atom is 0.338 e. The molecule has 8 heteroatoms. The number of rotatable bonds is 8. The Balaban J connectivity index is 1.99.